The van der Waals surface area contributed by atoms with E-state index in [1.807, 2.05) is 12.3 Å². The minimum atomic E-state index is -0.432. The van der Waals surface area contributed by atoms with Crippen LogP contribution >= 0.6 is 0 Å². The predicted octanol–water partition coefficient (Wildman–Crippen LogP) is 2.66. The van der Waals surface area contributed by atoms with Gasteiger partial charge in [0, 0.05) is 31.4 Å². The van der Waals surface area contributed by atoms with E-state index < -0.39 is 5.97 Å². The average Bonchev–Trinajstić information content (AvgIpc) is 3.23. The van der Waals surface area contributed by atoms with Crippen LogP contribution in [0.25, 0.3) is 0 Å². The van der Waals surface area contributed by atoms with Crippen molar-refractivity contribution in [1.82, 2.24) is 14.5 Å². The van der Waals surface area contributed by atoms with E-state index in [1.165, 1.54) is 13.5 Å². The third-order valence-electron chi connectivity index (χ3n) is 4.37. The first-order valence-electron chi connectivity index (χ1n) is 8.12. The molecule has 0 aliphatic carbocycles. The number of piperidine rings is 1. The molecule has 1 unspecified atom stereocenters. The molecule has 0 aromatic carbocycles. The zero-order valence-electron chi connectivity index (χ0n) is 13.7. The van der Waals surface area contributed by atoms with Crippen molar-refractivity contribution >= 4 is 5.97 Å². The molecule has 124 valence electrons. The quantitative estimate of drug-likeness (QED) is 0.794. The number of carbonyl (C=O) groups excluding carboxylic acids is 1. The van der Waals surface area contributed by atoms with Crippen LogP contribution in [0.3, 0.4) is 0 Å². The Morgan fingerprint density at radius 1 is 1.48 bits per heavy atom. The van der Waals surface area contributed by atoms with Gasteiger partial charge in [-0.3, -0.25) is 4.90 Å². The van der Waals surface area contributed by atoms with Crippen molar-refractivity contribution in [3.8, 4) is 0 Å². The second-order valence-corrected chi connectivity index (χ2v) is 5.89. The number of furan rings is 1. The first kappa shape index (κ1) is 15.8. The fourth-order valence-electron chi connectivity index (χ4n) is 3.25. The maximum atomic E-state index is 11.5. The molecular formula is C17H23N3O3. The number of ether oxygens (including phenoxy) is 1. The lowest BCUT2D eigenvalue weighted by atomic mass is 10.1. The topological polar surface area (TPSA) is 60.5 Å². The SMILES string of the molecule is CCc1nccn1C1CCCN(Cc2ccc(C(=O)OC)o2)C1. The molecule has 1 aliphatic rings. The predicted molar refractivity (Wildman–Crippen MR) is 85.2 cm³/mol. The van der Waals surface area contributed by atoms with Crippen molar-refractivity contribution in [2.45, 2.75) is 38.8 Å². The Morgan fingerprint density at radius 2 is 2.35 bits per heavy atom. The van der Waals surface area contributed by atoms with Crippen LogP contribution in [0.15, 0.2) is 28.9 Å². The number of hydrogen-bond donors (Lipinski definition) is 0. The number of aryl methyl sites for hydroxylation is 1. The second kappa shape index (κ2) is 7.00. The fraction of sp³-hybridized carbons (Fsp3) is 0.529. The Bertz CT molecular complexity index is 662. The molecule has 2 aromatic heterocycles. The molecule has 6 nitrogen and oxygen atoms in total. The highest BCUT2D eigenvalue weighted by atomic mass is 16.5. The van der Waals surface area contributed by atoms with Crippen LogP contribution in [0.5, 0.6) is 0 Å². The Balaban J connectivity index is 1.65. The van der Waals surface area contributed by atoms with Crippen molar-refractivity contribution in [3.63, 3.8) is 0 Å². The van der Waals surface area contributed by atoms with Gasteiger partial charge in [0.1, 0.15) is 11.6 Å². The minimum Gasteiger partial charge on any atom is -0.463 e. The van der Waals surface area contributed by atoms with E-state index >= 15 is 0 Å². The van der Waals surface area contributed by atoms with Crippen LogP contribution in [0, 0.1) is 0 Å². The van der Waals surface area contributed by atoms with Crippen LogP contribution in [0.4, 0.5) is 0 Å². The monoisotopic (exact) mass is 317 g/mol. The summed E-state index contributed by atoms with van der Waals surface area (Å²) >= 11 is 0. The van der Waals surface area contributed by atoms with Crippen LogP contribution in [-0.4, -0.2) is 40.6 Å². The van der Waals surface area contributed by atoms with Gasteiger partial charge in [-0.1, -0.05) is 6.92 Å². The van der Waals surface area contributed by atoms with Gasteiger partial charge >= 0.3 is 5.97 Å². The number of likely N-dealkylation sites (tertiary alicyclic amines) is 1. The van der Waals surface area contributed by atoms with Gasteiger partial charge in [0.05, 0.1) is 13.7 Å². The molecule has 3 heterocycles. The van der Waals surface area contributed by atoms with Gasteiger partial charge in [-0.05, 0) is 31.5 Å². The number of rotatable bonds is 5. The highest BCUT2D eigenvalue weighted by Gasteiger charge is 2.23. The number of aromatic nitrogens is 2. The summed E-state index contributed by atoms with van der Waals surface area (Å²) in [6, 6.07) is 3.98. The van der Waals surface area contributed by atoms with E-state index in [0.717, 1.165) is 37.5 Å². The number of methoxy groups -OCH3 is 1. The highest BCUT2D eigenvalue weighted by Crippen LogP contribution is 2.24. The molecule has 6 heteroatoms. The highest BCUT2D eigenvalue weighted by molar-refractivity contribution is 5.86. The molecule has 0 bridgehead atoms. The normalized spacial score (nSPS) is 19.0. The Labute approximate surface area is 136 Å². The summed E-state index contributed by atoms with van der Waals surface area (Å²) in [7, 11) is 1.36. The summed E-state index contributed by atoms with van der Waals surface area (Å²) < 4.78 is 12.5. The molecule has 0 saturated carbocycles. The maximum Gasteiger partial charge on any atom is 0.373 e. The molecule has 0 amide bonds. The van der Waals surface area contributed by atoms with Crippen molar-refractivity contribution < 1.29 is 13.9 Å². The Morgan fingerprint density at radius 3 is 3.13 bits per heavy atom. The third-order valence-corrected chi connectivity index (χ3v) is 4.37. The van der Waals surface area contributed by atoms with E-state index in [0.29, 0.717) is 12.6 Å². The largest absolute Gasteiger partial charge is 0.463 e. The summed E-state index contributed by atoms with van der Waals surface area (Å²) in [6.07, 6.45) is 7.23. The summed E-state index contributed by atoms with van der Waals surface area (Å²) in [4.78, 5) is 18.3. The van der Waals surface area contributed by atoms with Gasteiger partial charge in [-0.2, -0.15) is 0 Å². The van der Waals surface area contributed by atoms with Gasteiger partial charge in [0.25, 0.3) is 0 Å². The Kier molecular flexibility index (Phi) is 4.81. The lowest BCUT2D eigenvalue weighted by Gasteiger charge is -2.33. The molecule has 3 rings (SSSR count). The van der Waals surface area contributed by atoms with Gasteiger partial charge in [-0.15, -0.1) is 0 Å². The van der Waals surface area contributed by atoms with Gasteiger partial charge in [0.15, 0.2) is 0 Å². The summed E-state index contributed by atoms with van der Waals surface area (Å²) in [5.41, 5.74) is 0. The first-order chi connectivity index (χ1) is 11.2. The number of esters is 1. The summed E-state index contributed by atoms with van der Waals surface area (Å²) in [5, 5.41) is 0. The zero-order valence-corrected chi connectivity index (χ0v) is 13.7. The number of nitrogens with zero attached hydrogens (tertiary/aromatic N) is 3. The molecule has 1 aliphatic heterocycles. The summed E-state index contributed by atoms with van der Waals surface area (Å²) in [5.74, 6) is 1.77. The molecule has 23 heavy (non-hydrogen) atoms. The van der Waals surface area contributed by atoms with Crippen LogP contribution in [0.1, 0.15) is 47.9 Å². The first-order valence-corrected chi connectivity index (χ1v) is 8.12. The number of hydrogen-bond acceptors (Lipinski definition) is 5. The molecule has 1 atom stereocenters. The van der Waals surface area contributed by atoms with Gasteiger partial charge in [-0.25, -0.2) is 9.78 Å². The van der Waals surface area contributed by atoms with E-state index in [9.17, 15) is 4.79 Å². The van der Waals surface area contributed by atoms with Crippen molar-refractivity contribution in [2.75, 3.05) is 20.2 Å². The lowest BCUT2D eigenvalue weighted by Crippen LogP contribution is -2.36. The average molecular weight is 317 g/mol. The van der Waals surface area contributed by atoms with Crippen molar-refractivity contribution in [2.24, 2.45) is 0 Å². The third kappa shape index (κ3) is 3.47. The van der Waals surface area contributed by atoms with Crippen molar-refractivity contribution in [3.05, 3.63) is 41.9 Å². The van der Waals surface area contributed by atoms with Gasteiger partial charge < -0.3 is 13.7 Å². The summed E-state index contributed by atoms with van der Waals surface area (Å²) in [6.45, 7) is 4.86. The molecule has 1 fully saturated rings. The van der Waals surface area contributed by atoms with E-state index in [1.54, 1.807) is 6.07 Å². The fourth-order valence-corrected chi connectivity index (χ4v) is 3.25. The zero-order chi connectivity index (χ0) is 16.2. The molecular weight excluding hydrogens is 294 g/mol. The molecule has 1 saturated heterocycles. The van der Waals surface area contributed by atoms with Crippen molar-refractivity contribution in [1.29, 1.82) is 0 Å². The van der Waals surface area contributed by atoms with E-state index in [4.69, 9.17) is 4.42 Å². The Hall–Kier alpha value is -2.08. The lowest BCUT2D eigenvalue weighted by molar-refractivity contribution is 0.0560. The smallest absolute Gasteiger partial charge is 0.373 e. The van der Waals surface area contributed by atoms with Crippen LogP contribution in [-0.2, 0) is 17.7 Å². The molecule has 0 radical (unpaired) electrons. The standard InChI is InChI=1S/C17H23N3O3/c1-3-16-18-8-10-20(16)13-5-4-9-19(11-13)12-14-6-7-15(23-14)17(21)22-2/h6-8,10,13H,3-5,9,11-12H2,1-2H3. The van der Waals surface area contributed by atoms with Crippen LogP contribution in [0.2, 0.25) is 0 Å². The minimum absolute atomic E-state index is 0.263. The molecule has 0 spiro atoms. The van der Waals surface area contributed by atoms with E-state index in [-0.39, 0.29) is 5.76 Å². The number of imidazole rings is 1. The maximum absolute atomic E-state index is 11.5. The molecule has 0 N–H and O–H groups in total. The van der Waals surface area contributed by atoms with E-state index in [2.05, 4.69) is 32.3 Å². The van der Waals surface area contributed by atoms with Crippen LogP contribution < -0.4 is 0 Å². The number of carbonyl (C=O) groups is 1. The van der Waals surface area contributed by atoms with Gasteiger partial charge in [0.2, 0.25) is 5.76 Å². The molecule has 2 aromatic rings. The second-order valence-electron chi connectivity index (χ2n) is 5.89.